The number of carbonyl (C=O) groups is 1. The molecule has 1 saturated carbocycles. The number of hydrogen-bond acceptors (Lipinski definition) is 4. The molecule has 1 aliphatic rings. The monoisotopic (exact) mass is 483 g/mol. The molecule has 2 aromatic heterocycles. The molecule has 0 radical (unpaired) electrons. The topological polar surface area (TPSA) is 75.9 Å². The summed E-state index contributed by atoms with van der Waals surface area (Å²) in [6.45, 7) is 7.38. The van der Waals surface area contributed by atoms with Crippen LogP contribution in [0.2, 0.25) is 0 Å². The number of alkyl carbamates (subject to hydrolysis) is 1. The Morgan fingerprint density at radius 1 is 1.03 bits per heavy atom. The smallest absolute Gasteiger partial charge is 0.408 e. The van der Waals surface area contributed by atoms with Crippen molar-refractivity contribution in [3.63, 3.8) is 0 Å². The first-order valence-corrected chi connectivity index (χ1v) is 12.5. The third-order valence-electron chi connectivity index (χ3n) is 6.83. The zero-order valence-electron chi connectivity index (χ0n) is 21.3. The summed E-state index contributed by atoms with van der Waals surface area (Å²) in [5, 5.41) is 13.3. The van der Waals surface area contributed by atoms with Crippen LogP contribution < -0.4 is 5.32 Å². The number of aliphatic hydroxyl groups excluding tert-OH is 1. The van der Waals surface area contributed by atoms with Gasteiger partial charge in [0.25, 0.3) is 0 Å². The fraction of sp³-hybridized carbons (Fsp3) is 0.333. The minimum Gasteiger partial charge on any atom is -0.444 e. The predicted molar refractivity (Wildman–Crippen MR) is 142 cm³/mol. The third-order valence-corrected chi connectivity index (χ3v) is 6.83. The largest absolute Gasteiger partial charge is 0.444 e. The summed E-state index contributed by atoms with van der Waals surface area (Å²) in [7, 11) is 0. The molecule has 0 saturated heterocycles. The molecule has 186 valence electrons. The summed E-state index contributed by atoms with van der Waals surface area (Å²) in [5.41, 5.74) is 5.69. The van der Waals surface area contributed by atoms with Crippen LogP contribution in [0.5, 0.6) is 0 Å². The van der Waals surface area contributed by atoms with Gasteiger partial charge in [0, 0.05) is 17.3 Å². The molecular formula is C30H33N3O3. The molecule has 1 unspecified atom stereocenters. The van der Waals surface area contributed by atoms with Crippen LogP contribution in [-0.2, 0) is 10.3 Å². The number of amides is 1. The van der Waals surface area contributed by atoms with Crippen molar-refractivity contribution < 1.29 is 14.6 Å². The summed E-state index contributed by atoms with van der Waals surface area (Å²) in [6, 6.07) is 22.4. The Hall–Kier alpha value is -3.64. The molecule has 1 fully saturated rings. The van der Waals surface area contributed by atoms with Gasteiger partial charge in [-0.15, -0.1) is 0 Å². The number of imidazole rings is 1. The van der Waals surface area contributed by atoms with Crippen LogP contribution in [0.3, 0.4) is 0 Å². The van der Waals surface area contributed by atoms with Crippen LogP contribution in [0.25, 0.3) is 28.2 Å². The number of hydrogen-bond donors (Lipinski definition) is 2. The lowest BCUT2D eigenvalue weighted by Crippen LogP contribution is -2.52. The van der Waals surface area contributed by atoms with E-state index in [0.29, 0.717) is 0 Å². The highest BCUT2D eigenvalue weighted by Crippen LogP contribution is 2.42. The second-order valence-electron chi connectivity index (χ2n) is 10.7. The molecule has 4 aromatic rings. The molecule has 0 spiro atoms. The second kappa shape index (κ2) is 9.10. The van der Waals surface area contributed by atoms with Gasteiger partial charge in [-0.05, 0) is 64.2 Å². The Morgan fingerprint density at radius 2 is 1.72 bits per heavy atom. The summed E-state index contributed by atoms with van der Waals surface area (Å²) in [6.07, 6.45) is 3.84. The number of aliphatic hydroxyl groups is 1. The number of benzene rings is 2. The summed E-state index contributed by atoms with van der Waals surface area (Å²) in [4.78, 5) is 17.5. The highest BCUT2D eigenvalue weighted by Gasteiger charge is 2.41. The predicted octanol–water partition coefficient (Wildman–Crippen LogP) is 6.63. The van der Waals surface area contributed by atoms with Crippen molar-refractivity contribution in [2.45, 2.75) is 64.2 Å². The zero-order chi connectivity index (χ0) is 25.5. The Kier molecular flexibility index (Phi) is 6.08. The average Bonchev–Trinajstić information content (AvgIpc) is 3.20. The molecule has 6 nitrogen and oxygen atoms in total. The van der Waals surface area contributed by atoms with Gasteiger partial charge in [0.2, 0.25) is 0 Å². The highest BCUT2D eigenvalue weighted by atomic mass is 16.6. The van der Waals surface area contributed by atoms with E-state index in [-0.39, 0.29) is 6.09 Å². The number of nitrogens with one attached hydrogen (secondary N) is 1. The van der Waals surface area contributed by atoms with Gasteiger partial charge in [-0.3, -0.25) is 4.40 Å². The second-order valence-corrected chi connectivity index (χ2v) is 10.7. The Bertz CT molecular complexity index is 1380. The molecule has 2 N–H and O–H groups in total. The van der Waals surface area contributed by atoms with Crippen molar-refractivity contribution in [2.24, 2.45) is 0 Å². The van der Waals surface area contributed by atoms with E-state index in [1.165, 1.54) is 0 Å². The van der Waals surface area contributed by atoms with Gasteiger partial charge in [-0.25, -0.2) is 9.78 Å². The van der Waals surface area contributed by atoms with Crippen molar-refractivity contribution in [3.8, 4) is 22.5 Å². The van der Waals surface area contributed by atoms with Crippen LogP contribution in [0.15, 0.2) is 72.9 Å². The number of carbonyl (C=O) groups excluding carboxylic acids is 1. The van der Waals surface area contributed by atoms with Crippen molar-refractivity contribution in [2.75, 3.05) is 0 Å². The Balaban J connectivity index is 1.53. The van der Waals surface area contributed by atoms with Crippen molar-refractivity contribution in [1.29, 1.82) is 0 Å². The van der Waals surface area contributed by atoms with Gasteiger partial charge in [-0.1, -0.05) is 60.7 Å². The quantitative estimate of drug-likeness (QED) is 0.334. The van der Waals surface area contributed by atoms with Crippen LogP contribution in [-0.4, -0.2) is 26.2 Å². The van der Waals surface area contributed by atoms with E-state index < -0.39 is 17.2 Å². The molecule has 1 aliphatic carbocycles. The third kappa shape index (κ3) is 4.61. The summed E-state index contributed by atoms with van der Waals surface area (Å²) < 4.78 is 7.58. The molecule has 2 aromatic carbocycles. The van der Waals surface area contributed by atoms with E-state index in [0.717, 1.165) is 58.6 Å². The van der Waals surface area contributed by atoms with Gasteiger partial charge in [0.05, 0.1) is 23.0 Å². The number of ether oxygens (including phenoxy) is 1. The van der Waals surface area contributed by atoms with E-state index in [2.05, 4.69) is 46.1 Å². The molecule has 36 heavy (non-hydrogen) atoms. The molecular weight excluding hydrogens is 450 g/mol. The molecule has 2 heterocycles. The minimum absolute atomic E-state index is 0.382. The first-order valence-electron chi connectivity index (χ1n) is 12.5. The van der Waals surface area contributed by atoms with E-state index in [4.69, 9.17) is 9.72 Å². The lowest BCUT2D eigenvalue weighted by molar-refractivity contribution is 0.0377. The number of nitrogens with zero attached hydrogens (tertiary/aromatic N) is 2. The van der Waals surface area contributed by atoms with E-state index >= 15 is 0 Å². The number of pyridine rings is 1. The van der Waals surface area contributed by atoms with E-state index in [1.807, 2.05) is 57.3 Å². The fourth-order valence-corrected chi connectivity index (χ4v) is 4.84. The van der Waals surface area contributed by atoms with E-state index in [9.17, 15) is 9.90 Å². The summed E-state index contributed by atoms with van der Waals surface area (Å²) in [5.74, 6) is 0. The minimum atomic E-state index is -0.570. The van der Waals surface area contributed by atoms with Gasteiger partial charge in [0.1, 0.15) is 11.2 Å². The van der Waals surface area contributed by atoms with Crippen molar-refractivity contribution >= 4 is 11.7 Å². The van der Waals surface area contributed by atoms with Gasteiger partial charge in [-0.2, -0.15) is 0 Å². The van der Waals surface area contributed by atoms with Crippen LogP contribution in [0.1, 0.15) is 64.2 Å². The van der Waals surface area contributed by atoms with Crippen LogP contribution in [0, 0.1) is 0 Å². The zero-order valence-corrected chi connectivity index (χ0v) is 21.3. The van der Waals surface area contributed by atoms with Gasteiger partial charge >= 0.3 is 6.09 Å². The van der Waals surface area contributed by atoms with E-state index in [1.54, 1.807) is 6.92 Å². The lowest BCUT2D eigenvalue weighted by atomic mass is 9.71. The molecule has 0 bridgehead atoms. The van der Waals surface area contributed by atoms with Crippen molar-refractivity contribution in [3.05, 3.63) is 84.1 Å². The van der Waals surface area contributed by atoms with Crippen molar-refractivity contribution in [1.82, 2.24) is 14.7 Å². The standard InChI is InChI=1S/C30H33N3O3/c1-20(34)23-13-16-25-31-26(27(33(25)19-23)22-9-6-5-7-10-22)21-11-14-24(15-12-21)30(17-8-18-30)32-28(35)36-29(2,3)4/h5-7,9-16,19-20,34H,8,17-18H2,1-4H3,(H,32,35). The fourth-order valence-electron chi connectivity index (χ4n) is 4.84. The SMILES string of the molecule is CC(O)c1ccc2nc(-c3ccc(C4(NC(=O)OC(C)(C)C)CCC4)cc3)c(-c3ccccc3)n2c1. The summed E-state index contributed by atoms with van der Waals surface area (Å²) >= 11 is 0. The Labute approximate surface area is 212 Å². The highest BCUT2D eigenvalue weighted by molar-refractivity contribution is 5.82. The van der Waals surface area contributed by atoms with Crippen LogP contribution >= 0.6 is 0 Å². The van der Waals surface area contributed by atoms with Gasteiger partial charge in [0.15, 0.2) is 0 Å². The number of fused-ring (bicyclic) bond motifs is 1. The molecule has 1 amide bonds. The number of rotatable bonds is 5. The van der Waals surface area contributed by atoms with Crippen LogP contribution in [0.4, 0.5) is 4.79 Å². The molecule has 5 rings (SSSR count). The number of aromatic nitrogens is 2. The normalized spacial score (nSPS) is 15.8. The first kappa shape index (κ1) is 24.1. The maximum atomic E-state index is 12.5. The maximum absolute atomic E-state index is 12.5. The lowest BCUT2D eigenvalue weighted by Gasteiger charge is -2.43. The molecule has 6 heteroatoms. The molecule has 1 atom stereocenters. The average molecular weight is 484 g/mol. The Morgan fingerprint density at radius 3 is 2.31 bits per heavy atom. The first-order chi connectivity index (χ1) is 17.2. The van der Waals surface area contributed by atoms with Gasteiger partial charge < -0.3 is 15.2 Å². The molecule has 0 aliphatic heterocycles. The maximum Gasteiger partial charge on any atom is 0.408 e.